The van der Waals surface area contributed by atoms with Gasteiger partial charge in [-0.2, -0.15) is 0 Å². The summed E-state index contributed by atoms with van der Waals surface area (Å²) in [6.07, 6.45) is 6.93. The normalized spacial score (nSPS) is 10.9. The molecule has 0 bridgehead atoms. The van der Waals surface area contributed by atoms with E-state index in [4.69, 9.17) is 14.2 Å². The lowest BCUT2D eigenvalue weighted by Gasteiger charge is -2.16. The van der Waals surface area contributed by atoms with Crippen LogP contribution in [-0.2, 0) is 0 Å². The van der Waals surface area contributed by atoms with E-state index >= 15 is 0 Å². The van der Waals surface area contributed by atoms with Crippen LogP contribution in [-0.4, -0.2) is 40.8 Å². The number of hydrogen-bond acceptors (Lipinski definition) is 5. The van der Waals surface area contributed by atoms with Gasteiger partial charge in [0, 0.05) is 41.2 Å². The van der Waals surface area contributed by atoms with E-state index in [9.17, 15) is 14.7 Å². The summed E-state index contributed by atoms with van der Waals surface area (Å²) in [7, 11) is 0. The number of carboxylic acids is 1. The number of aromatic nitrogens is 1. The Kier molecular flexibility index (Phi) is 10.0. The zero-order valence-electron chi connectivity index (χ0n) is 20.2. The molecule has 0 amide bonds. The molecule has 0 saturated heterocycles. The van der Waals surface area contributed by atoms with Crippen molar-refractivity contribution in [2.75, 3.05) is 25.2 Å². The summed E-state index contributed by atoms with van der Waals surface area (Å²) in [5.41, 5.74) is 0.323. The summed E-state index contributed by atoms with van der Waals surface area (Å²) in [5, 5.41) is 11.0. The van der Waals surface area contributed by atoms with Gasteiger partial charge in [0.25, 0.3) is 0 Å². The number of halogens is 1. The molecule has 1 heterocycles. The number of carbonyl (C=O) groups is 1. The third-order valence-corrected chi connectivity index (χ3v) is 6.08. The zero-order chi connectivity index (χ0) is 25.2. The third kappa shape index (κ3) is 7.01. The Bertz CT molecular complexity index is 1180. The number of rotatable bonds is 14. The molecule has 0 fully saturated rings. The van der Waals surface area contributed by atoms with Gasteiger partial charge in [0.1, 0.15) is 22.8 Å². The highest BCUT2D eigenvalue weighted by molar-refractivity contribution is 9.09. The lowest BCUT2D eigenvalue weighted by atomic mass is 10.1. The number of carboxylic acid groups (broad SMARTS) is 1. The Balaban J connectivity index is 2.01. The van der Waals surface area contributed by atoms with Crippen molar-refractivity contribution in [3.63, 3.8) is 0 Å². The number of hydrogen-bond donors (Lipinski definition) is 1. The Morgan fingerprint density at radius 2 is 1.54 bits per heavy atom. The number of alkyl halides is 1. The van der Waals surface area contributed by atoms with Crippen molar-refractivity contribution < 1.29 is 24.1 Å². The monoisotopic (exact) mass is 545 g/mol. The molecule has 0 saturated carbocycles. The van der Waals surface area contributed by atoms with E-state index in [0.717, 1.165) is 18.2 Å². The molecule has 2 aromatic carbocycles. The van der Waals surface area contributed by atoms with Crippen LogP contribution in [0.1, 0.15) is 56.3 Å². The molecule has 7 nitrogen and oxygen atoms in total. The molecule has 35 heavy (non-hydrogen) atoms. The van der Waals surface area contributed by atoms with Gasteiger partial charge in [-0.3, -0.25) is 4.79 Å². The highest BCUT2D eigenvalue weighted by Crippen LogP contribution is 2.29. The maximum Gasteiger partial charge on any atom is 0.341 e. The minimum Gasteiger partial charge on any atom is -0.494 e. The second kappa shape index (κ2) is 13.2. The summed E-state index contributed by atoms with van der Waals surface area (Å²) in [6.45, 7) is 5.28. The molecule has 0 aliphatic carbocycles. The molecule has 3 rings (SSSR count). The van der Waals surface area contributed by atoms with E-state index in [0.29, 0.717) is 53.7 Å². The standard InChI is InChI=1S/C27H32BrNO6/c1-3-33-21-14-19(15-22(16-21)34-4-2)29-18-24(27(31)32)26(30)23-11-10-20(17-25(23)29)35-13-9-7-5-6-8-12-28/h10-11,14-18H,3-9,12-13H2,1-2H3,(H,31,32). The van der Waals surface area contributed by atoms with Crippen LogP contribution in [0, 0.1) is 0 Å². The van der Waals surface area contributed by atoms with Crippen LogP contribution >= 0.6 is 15.9 Å². The van der Waals surface area contributed by atoms with Crippen molar-refractivity contribution in [3.8, 4) is 22.9 Å². The quantitative estimate of drug-likeness (QED) is 0.191. The summed E-state index contributed by atoms with van der Waals surface area (Å²) in [5.74, 6) is 0.519. The van der Waals surface area contributed by atoms with Crippen LogP contribution in [0.15, 0.2) is 47.4 Å². The molecular weight excluding hydrogens is 514 g/mol. The van der Waals surface area contributed by atoms with Crippen molar-refractivity contribution in [1.29, 1.82) is 0 Å². The molecule has 0 atom stereocenters. The first-order valence-electron chi connectivity index (χ1n) is 12.0. The molecule has 0 aliphatic rings. The van der Waals surface area contributed by atoms with Crippen LogP contribution in [0.25, 0.3) is 16.6 Å². The van der Waals surface area contributed by atoms with E-state index < -0.39 is 11.4 Å². The first kappa shape index (κ1) is 26.6. The Labute approximate surface area is 213 Å². The van der Waals surface area contributed by atoms with Gasteiger partial charge >= 0.3 is 5.97 Å². The van der Waals surface area contributed by atoms with Crippen LogP contribution in [0.2, 0.25) is 0 Å². The summed E-state index contributed by atoms with van der Waals surface area (Å²) < 4.78 is 19.0. The van der Waals surface area contributed by atoms with Crippen LogP contribution in [0.3, 0.4) is 0 Å². The van der Waals surface area contributed by atoms with Crippen LogP contribution in [0.5, 0.6) is 17.2 Å². The highest BCUT2D eigenvalue weighted by atomic mass is 79.9. The molecule has 8 heteroatoms. The predicted molar refractivity (Wildman–Crippen MR) is 141 cm³/mol. The van der Waals surface area contributed by atoms with Gasteiger partial charge in [-0.05, 0) is 38.8 Å². The Morgan fingerprint density at radius 1 is 0.886 bits per heavy atom. The molecule has 0 spiro atoms. The number of benzene rings is 2. The number of ether oxygens (including phenoxy) is 3. The summed E-state index contributed by atoms with van der Waals surface area (Å²) >= 11 is 3.45. The Morgan fingerprint density at radius 3 is 2.17 bits per heavy atom. The fourth-order valence-electron chi connectivity index (χ4n) is 3.87. The molecule has 1 N–H and O–H groups in total. The molecule has 188 valence electrons. The second-order valence-corrected chi connectivity index (χ2v) is 8.85. The van der Waals surface area contributed by atoms with Gasteiger partial charge in [0.15, 0.2) is 0 Å². The average Bonchev–Trinajstić information content (AvgIpc) is 2.84. The van der Waals surface area contributed by atoms with E-state index in [2.05, 4.69) is 15.9 Å². The molecule has 1 aromatic heterocycles. The maximum absolute atomic E-state index is 12.9. The highest BCUT2D eigenvalue weighted by Gasteiger charge is 2.17. The van der Waals surface area contributed by atoms with E-state index in [1.165, 1.54) is 25.5 Å². The van der Waals surface area contributed by atoms with Crippen molar-refractivity contribution >= 4 is 32.8 Å². The number of aromatic carboxylic acids is 1. The first-order chi connectivity index (χ1) is 17.0. The van der Waals surface area contributed by atoms with Gasteiger partial charge in [-0.1, -0.05) is 35.2 Å². The smallest absolute Gasteiger partial charge is 0.341 e. The van der Waals surface area contributed by atoms with E-state index in [-0.39, 0.29) is 5.56 Å². The molecule has 0 aliphatic heterocycles. The van der Waals surface area contributed by atoms with Crippen molar-refractivity contribution in [3.05, 3.63) is 58.4 Å². The van der Waals surface area contributed by atoms with Crippen LogP contribution < -0.4 is 19.6 Å². The second-order valence-electron chi connectivity index (χ2n) is 8.06. The van der Waals surface area contributed by atoms with Crippen molar-refractivity contribution in [2.24, 2.45) is 0 Å². The minimum absolute atomic E-state index is 0.298. The fourth-order valence-corrected chi connectivity index (χ4v) is 4.27. The maximum atomic E-state index is 12.9. The number of pyridine rings is 1. The van der Waals surface area contributed by atoms with Crippen molar-refractivity contribution in [2.45, 2.75) is 46.0 Å². The average molecular weight is 546 g/mol. The van der Waals surface area contributed by atoms with Gasteiger partial charge in [-0.15, -0.1) is 0 Å². The zero-order valence-corrected chi connectivity index (χ0v) is 21.8. The number of unbranched alkanes of at least 4 members (excludes halogenated alkanes) is 4. The lowest BCUT2D eigenvalue weighted by Crippen LogP contribution is -2.18. The van der Waals surface area contributed by atoms with Crippen LogP contribution in [0.4, 0.5) is 0 Å². The number of fused-ring (bicyclic) bond motifs is 1. The van der Waals surface area contributed by atoms with Gasteiger partial charge in [0.2, 0.25) is 5.43 Å². The summed E-state index contributed by atoms with van der Waals surface area (Å²) in [6, 6.07) is 10.5. The molecule has 0 radical (unpaired) electrons. The van der Waals surface area contributed by atoms with Gasteiger partial charge in [-0.25, -0.2) is 4.79 Å². The molecule has 0 unspecified atom stereocenters. The fraction of sp³-hybridized carbons (Fsp3) is 0.407. The molecule has 3 aromatic rings. The summed E-state index contributed by atoms with van der Waals surface area (Å²) in [4.78, 5) is 24.7. The lowest BCUT2D eigenvalue weighted by molar-refractivity contribution is 0.0695. The third-order valence-electron chi connectivity index (χ3n) is 5.52. The predicted octanol–water partition coefficient (Wildman–Crippen LogP) is 6.21. The number of nitrogens with zero attached hydrogens (tertiary/aromatic N) is 1. The van der Waals surface area contributed by atoms with E-state index in [1.54, 1.807) is 41.0 Å². The first-order valence-corrected chi connectivity index (χ1v) is 13.1. The molecular formula is C27H32BrNO6. The topological polar surface area (TPSA) is 87.0 Å². The van der Waals surface area contributed by atoms with Gasteiger partial charge in [0.05, 0.1) is 31.0 Å². The van der Waals surface area contributed by atoms with E-state index in [1.807, 2.05) is 13.8 Å². The van der Waals surface area contributed by atoms with Gasteiger partial charge < -0.3 is 23.9 Å². The SMILES string of the molecule is CCOc1cc(OCC)cc(-n2cc(C(=O)O)c(=O)c3ccc(OCCCCCCCBr)cc32)c1. The Hall–Kier alpha value is -3.00. The minimum atomic E-state index is -1.28. The largest absolute Gasteiger partial charge is 0.494 e. The van der Waals surface area contributed by atoms with Crippen molar-refractivity contribution in [1.82, 2.24) is 4.57 Å².